The zero-order valence-electron chi connectivity index (χ0n) is 7.14. The standard InChI is InChI=1S/C8H17NS2/c1-10-5-2-4-9-8-3-6-11-7-8/h8-9H,2-7H2,1H3. The molecule has 0 aromatic rings. The van der Waals surface area contributed by atoms with Crippen molar-refractivity contribution >= 4 is 23.5 Å². The summed E-state index contributed by atoms with van der Waals surface area (Å²) in [5.74, 6) is 3.99. The predicted octanol–water partition coefficient (Wildman–Crippen LogP) is 1.83. The second-order valence-corrected chi connectivity index (χ2v) is 5.00. The van der Waals surface area contributed by atoms with Crippen molar-refractivity contribution in [2.24, 2.45) is 0 Å². The first kappa shape index (κ1) is 9.75. The van der Waals surface area contributed by atoms with E-state index in [4.69, 9.17) is 0 Å². The number of hydrogen-bond acceptors (Lipinski definition) is 3. The summed E-state index contributed by atoms with van der Waals surface area (Å²) < 4.78 is 0. The Morgan fingerprint density at radius 1 is 1.64 bits per heavy atom. The molecule has 0 aromatic heterocycles. The molecule has 1 aliphatic rings. The number of rotatable bonds is 5. The van der Waals surface area contributed by atoms with Crippen LogP contribution in [0.25, 0.3) is 0 Å². The highest BCUT2D eigenvalue weighted by molar-refractivity contribution is 7.99. The van der Waals surface area contributed by atoms with Crippen molar-refractivity contribution in [3.63, 3.8) is 0 Å². The second kappa shape index (κ2) is 6.21. The zero-order chi connectivity index (χ0) is 7.94. The van der Waals surface area contributed by atoms with Crippen molar-refractivity contribution in [2.75, 3.05) is 30.1 Å². The molecule has 0 saturated carbocycles. The fraction of sp³-hybridized carbons (Fsp3) is 1.00. The Bertz CT molecular complexity index is 92.1. The fourth-order valence-corrected chi connectivity index (χ4v) is 2.84. The average Bonchev–Trinajstić information content (AvgIpc) is 2.50. The summed E-state index contributed by atoms with van der Waals surface area (Å²) in [6.07, 6.45) is 4.87. The summed E-state index contributed by atoms with van der Waals surface area (Å²) in [6, 6.07) is 0.821. The topological polar surface area (TPSA) is 12.0 Å². The minimum Gasteiger partial charge on any atom is -0.313 e. The molecule has 11 heavy (non-hydrogen) atoms. The monoisotopic (exact) mass is 191 g/mol. The zero-order valence-corrected chi connectivity index (χ0v) is 8.77. The van der Waals surface area contributed by atoms with Gasteiger partial charge in [-0.1, -0.05) is 0 Å². The number of hydrogen-bond donors (Lipinski definition) is 1. The van der Waals surface area contributed by atoms with Gasteiger partial charge in [0.05, 0.1) is 0 Å². The smallest absolute Gasteiger partial charge is 0.0166 e. The van der Waals surface area contributed by atoms with Crippen LogP contribution in [0.4, 0.5) is 0 Å². The Hall–Kier alpha value is 0.660. The largest absolute Gasteiger partial charge is 0.313 e. The van der Waals surface area contributed by atoms with E-state index in [1.807, 2.05) is 11.8 Å². The number of nitrogens with one attached hydrogen (secondary N) is 1. The van der Waals surface area contributed by atoms with Gasteiger partial charge < -0.3 is 5.32 Å². The van der Waals surface area contributed by atoms with Gasteiger partial charge in [0, 0.05) is 11.8 Å². The highest BCUT2D eigenvalue weighted by Crippen LogP contribution is 2.16. The van der Waals surface area contributed by atoms with Crippen LogP contribution in [-0.2, 0) is 0 Å². The average molecular weight is 191 g/mol. The van der Waals surface area contributed by atoms with Gasteiger partial charge in [0.1, 0.15) is 0 Å². The SMILES string of the molecule is CSCCCNC1CCSC1. The Balaban J connectivity index is 1.86. The molecular weight excluding hydrogens is 174 g/mol. The van der Waals surface area contributed by atoms with Crippen molar-refractivity contribution in [3.8, 4) is 0 Å². The summed E-state index contributed by atoms with van der Waals surface area (Å²) in [4.78, 5) is 0. The van der Waals surface area contributed by atoms with Crippen LogP contribution in [0.3, 0.4) is 0 Å². The molecule has 0 radical (unpaired) electrons. The Morgan fingerprint density at radius 2 is 2.55 bits per heavy atom. The molecule has 1 heterocycles. The van der Waals surface area contributed by atoms with Crippen LogP contribution < -0.4 is 5.32 Å². The molecule has 0 aliphatic carbocycles. The highest BCUT2D eigenvalue weighted by atomic mass is 32.2. The minimum atomic E-state index is 0.821. The molecule has 1 rings (SSSR count). The molecule has 0 bridgehead atoms. The van der Waals surface area contributed by atoms with Crippen LogP contribution in [0.15, 0.2) is 0 Å². The van der Waals surface area contributed by atoms with Crippen molar-refractivity contribution in [1.29, 1.82) is 0 Å². The van der Waals surface area contributed by atoms with E-state index in [0.717, 1.165) is 6.04 Å². The minimum absolute atomic E-state index is 0.821. The maximum Gasteiger partial charge on any atom is 0.0166 e. The molecule has 66 valence electrons. The van der Waals surface area contributed by atoms with Crippen molar-refractivity contribution in [3.05, 3.63) is 0 Å². The van der Waals surface area contributed by atoms with E-state index in [2.05, 4.69) is 23.3 Å². The third-order valence-electron chi connectivity index (χ3n) is 1.89. The van der Waals surface area contributed by atoms with Crippen LogP contribution >= 0.6 is 23.5 Å². The molecule has 1 saturated heterocycles. The van der Waals surface area contributed by atoms with E-state index in [0.29, 0.717) is 0 Å². The van der Waals surface area contributed by atoms with Gasteiger partial charge >= 0.3 is 0 Å². The lowest BCUT2D eigenvalue weighted by molar-refractivity contribution is 0.557. The summed E-state index contributed by atoms with van der Waals surface area (Å²) >= 11 is 4.02. The molecule has 1 unspecified atom stereocenters. The Morgan fingerprint density at radius 3 is 3.18 bits per heavy atom. The maximum atomic E-state index is 3.58. The van der Waals surface area contributed by atoms with Crippen LogP contribution in [0.1, 0.15) is 12.8 Å². The lowest BCUT2D eigenvalue weighted by atomic mass is 10.2. The molecule has 0 amide bonds. The van der Waals surface area contributed by atoms with Gasteiger partial charge in [-0.05, 0) is 37.1 Å². The van der Waals surface area contributed by atoms with E-state index < -0.39 is 0 Å². The molecule has 3 heteroatoms. The normalized spacial score (nSPS) is 24.3. The van der Waals surface area contributed by atoms with E-state index in [-0.39, 0.29) is 0 Å². The number of thioether (sulfide) groups is 2. The Kier molecular flexibility index (Phi) is 5.50. The third kappa shape index (κ3) is 4.28. The van der Waals surface area contributed by atoms with E-state index in [1.54, 1.807) is 0 Å². The van der Waals surface area contributed by atoms with E-state index in [9.17, 15) is 0 Å². The predicted molar refractivity (Wildman–Crippen MR) is 56.7 cm³/mol. The van der Waals surface area contributed by atoms with Crippen LogP contribution in [0, 0.1) is 0 Å². The molecule has 0 spiro atoms. The molecular formula is C8H17NS2. The van der Waals surface area contributed by atoms with Crippen LogP contribution in [0.5, 0.6) is 0 Å². The van der Waals surface area contributed by atoms with Gasteiger partial charge in [0.25, 0.3) is 0 Å². The van der Waals surface area contributed by atoms with Crippen molar-refractivity contribution in [2.45, 2.75) is 18.9 Å². The summed E-state index contributed by atoms with van der Waals surface area (Å²) in [5.41, 5.74) is 0. The van der Waals surface area contributed by atoms with Gasteiger partial charge in [-0.3, -0.25) is 0 Å². The molecule has 1 atom stereocenters. The lowest BCUT2D eigenvalue weighted by Gasteiger charge is -2.09. The van der Waals surface area contributed by atoms with Crippen LogP contribution in [0.2, 0.25) is 0 Å². The van der Waals surface area contributed by atoms with Gasteiger partial charge in [0.15, 0.2) is 0 Å². The second-order valence-electron chi connectivity index (χ2n) is 2.86. The van der Waals surface area contributed by atoms with Gasteiger partial charge in [-0.2, -0.15) is 23.5 Å². The summed E-state index contributed by atoms with van der Waals surface area (Å²) in [5, 5.41) is 3.58. The first-order valence-electron chi connectivity index (χ1n) is 4.23. The van der Waals surface area contributed by atoms with Gasteiger partial charge in [0.2, 0.25) is 0 Å². The molecule has 0 aromatic carbocycles. The maximum absolute atomic E-state index is 3.58. The molecule has 1 fully saturated rings. The Labute approximate surface area is 78.1 Å². The fourth-order valence-electron chi connectivity index (χ4n) is 1.22. The van der Waals surface area contributed by atoms with Gasteiger partial charge in [-0.15, -0.1) is 0 Å². The van der Waals surface area contributed by atoms with Crippen molar-refractivity contribution < 1.29 is 0 Å². The quantitative estimate of drug-likeness (QED) is 0.666. The third-order valence-corrected chi connectivity index (χ3v) is 3.75. The summed E-state index contributed by atoms with van der Waals surface area (Å²) in [7, 11) is 0. The highest BCUT2D eigenvalue weighted by Gasteiger charge is 2.13. The molecule has 1 N–H and O–H groups in total. The first-order chi connectivity index (χ1) is 5.43. The summed E-state index contributed by atoms with van der Waals surface area (Å²) in [6.45, 7) is 1.21. The van der Waals surface area contributed by atoms with Crippen molar-refractivity contribution in [1.82, 2.24) is 5.32 Å². The van der Waals surface area contributed by atoms with E-state index in [1.165, 1.54) is 36.6 Å². The van der Waals surface area contributed by atoms with Crippen LogP contribution in [-0.4, -0.2) is 36.1 Å². The van der Waals surface area contributed by atoms with E-state index >= 15 is 0 Å². The lowest BCUT2D eigenvalue weighted by Crippen LogP contribution is -2.29. The van der Waals surface area contributed by atoms with Gasteiger partial charge in [-0.25, -0.2) is 0 Å². The molecule has 1 aliphatic heterocycles. The molecule has 1 nitrogen and oxygen atoms in total. The first-order valence-corrected chi connectivity index (χ1v) is 6.78.